The van der Waals surface area contributed by atoms with Gasteiger partial charge in [-0.05, 0) is 29.7 Å². The zero-order chi connectivity index (χ0) is 16.5. The lowest BCUT2D eigenvalue weighted by Crippen LogP contribution is -2.13. The predicted molar refractivity (Wildman–Crippen MR) is 93.8 cm³/mol. The molecule has 1 aliphatic carbocycles. The number of ether oxygens (including phenoxy) is 1. The Morgan fingerprint density at radius 1 is 1.17 bits per heavy atom. The third-order valence-corrected chi connectivity index (χ3v) is 5.67. The standard InChI is InChI=1S/C18H18N4OS/c1-22-17(13-7-5-9-19-11-13)20-21-18(22)24-15-10-12-6-3-4-8-14(12)16(15)23-2/h3-9,11,15-16H,10H2,1-2H3/t15-,16+/m1/s1. The van der Waals surface area contributed by atoms with Crippen molar-refractivity contribution in [2.75, 3.05) is 7.11 Å². The van der Waals surface area contributed by atoms with Crippen LogP contribution in [0.2, 0.25) is 0 Å². The molecule has 0 aliphatic heterocycles. The van der Waals surface area contributed by atoms with E-state index < -0.39 is 0 Å². The van der Waals surface area contributed by atoms with Gasteiger partial charge in [-0.2, -0.15) is 0 Å². The Balaban J connectivity index is 1.60. The van der Waals surface area contributed by atoms with Crippen LogP contribution in [0.15, 0.2) is 53.9 Å². The molecule has 2 atom stereocenters. The normalized spacial score (nSPS) is 19.4. The first kappa shape index (κ1) is 15.4. The van der Waals surface area contributed by atoms with Crippen LogP contribution in [0.5, 0.6) is 0 Å². The first-order chi connectivity index (χ1) is 11.8. The van der Waals surface area contributed by atoms with Crippen LogP contribution in [-0.4, -0.2) is 32.1 Å². The van der Waals surface area contributed by atoms with Gasteiger partial charge in [0.1, 0.15) is 0 Å². The summed E-state index contributed by atoms with van der Waals surface area (Å²) in [7, 11) is 3.77. The first-order valence-corrected chi connectivity index (χ1v) is 8.73. The van der Waals surface area contributed by atoms with Crippen LogP contribution in [0.3, 0.4) is 0 Å². The SMILES string of the molecule is CO[C@H]1c2ccccc2C[C@H]1Sc1nnc(-c2cccnc2)n1C. The van der Waals surface area contributed by atoms with E-state index in [0.717, 1.165) is 23.0 Å². The smallest absolute Gasteiger partial charge is 0.191 e. The van der Waals surface area contributed by atoms with Crippen LogP contribution in [-0.2, 0) is 18.2 Å². The highest BCUT2D eigenvalue weighted by molar-refractivity contribution is 7.99. The Hall–Kier alpha value is -2.18. The molecule has 2 aromatic heterocycles. The summed E-state index contributed by atoms with van der Waals surface area (Å²) in [5.41, 5.74) is 3.61. The highest BCUT2D eigenvalue weighted by atomic mass is 32.2. The molecule has 4 rings (SSSR count). The minimum absolute atomic E-state index is 0.0877. The number of aromatic nitrogens is 4. The van der Waals surface area contributed by atoms with Gasteiger partial charge in [0.25, 0.3) is 0 Å². The number of fused-ring (bicyclic) bond motifs is 1. The fourth-order valence-electron chi connectivity index (χ4n) is 3.20. The molecular weight excluding hydrogens is 320 g/mol. The molecule has 0 radical (unpaired) electrons. The lowest BCUT2D eigenvalue weighted by Gasteiger charge is -2.18. The number of pyridine rings is 1. The van der Waals surface area contributed by atoms with Crippen LogP contribution < -0.4 is 0 Å². The summed E-state index contributed by atoms with van der Waals surface area (Å²) in [4.78, 5) is 4.16. The van der Waals surface area contributed by atoms with Crippen LogP contribution >= 0.6 is 11.8 Å². The molecule has 0 spiro atoms. The maximum atomic E-state index is 5.77. The van der Waals surface area contributed by atoms with Crippen molar-refractivity contribution in [3.8, 4) is 11.4 Å². The zero-order valence-electron chi connectivity index (χ0n) is 13.6. The minimum atomic E-state index is 0.0877. The topological polar surface area (TPSA) is 52.8 Å². The van der Waals surface area contributed by atoms with Crippen LogP contribution in [0, 0.1) is 0 Å². The third kappa shape index (κ3) is 2.61. The van der Waals surface area contributed by atoms with Crippen LogP contribution in [0.1, 0.15) is 17.2 Å². The van der Waals surface area contributed by atoms with Crippen molar-refractivity contribution in [1.82, 2.24) is 19.7 Å². The van der Waals surface area contributed by atoms with Crippen molar-refractivity contribution in [3.05, 3.63) is 59.9 Å². The van der Waals surface area contributed by atoms with Gasteiger partial charge in [-0.1, -0.05) is 36.0 Å². The number of rotatable bonds is 4. The predicted octanol–water partition coefficient (Wildman–Crippen LogP) is 3.28. The maximum absolute atomic E-state index is 5.77. The second-order valence-electron chi connectivity index (χ2n) is 5.82. The zero-order valence-corrected chi connectivity index (χ0v) is 14.4. The molecular formula is C18H18N4OS. The summed E-state index contributed by atoms with van der Waals surface area (Å²) in [6.07, 6.45) is 4.63. The second-order valence-corrected chi connectivity index (χ2v) is 7.03. The molecule has 0 fully saturated rings. The fourth-order valence-corrected chi connectivity index (χ4v) is 4.45. The fraction of sp³-hybridized carbons (Fsp3) is 0.278. The molecule has 0 bridgehead atoms. The number of thioether (sulfide) groups is 1. The summed E-state index contributed by atoms with van der Waals surface area (Å²) in [5.74, 6) is 0.829. The van der Waals surface area contributed by atoms with Gasteiger partial charge in [0, 0.05) is 37.4 Å². The molecule has 1 aliphatic rings. The molecule has 1 aromatic carbocycles. The van der Waals surface area contributed by atoms with Gasteiger partial charge >= 0.3 is 0 Å². The Labute approximate surface area is 145 Å². The van der Waals surface area contributed by atoms with E-state index in [1.807, 2.05) is 29.9 Å². The minimum Gasteiger partial charge on any atom is -0.376 e. The van der Waals surface area contributed by atoms with E-state index >= 15 is 0 Å². The largest absolute Gasteiger partial charge is 0.376 e. The highest BCUT2D eigenvalue weighted by Crippen LogP contribution is 2.42. The number of benzene rings is 1. The molecule has 24 heavy (non-hydrogen) atoms. The molecule has 0 saturated heterocycles. The average Bonchev–Trinajstić information content (AvgIpc) is 3.16. The van der Waals surface area contributed by atoms with E-state index in [-0.39, 0.29) is 6.10 Å². The van der Waals surface area contributed by atoms with Gasteiger partial charge in [-0.25, -0.2) is 0 Å². The van der Waals surface area contributed by atoms with Gasteiger partial charge < -0.3 is 9.30 Å². The van der Waals surface area contributed by atoms with Crippen LogP contribution in [0.25, 0.3) is 11.4 Å². The van der Waals surface area contributed by atoms with E-state index in [2.05, 4.69) is 39.4 Å². The maximum Gasteiger partial charge on any atom is 0.191 e. The molecule has 0 N–H and O–H groups in total. The van der Waals surface area contributed by atoms with Crippen molar-refractivity contribution in [2.24, 2.45) is 7.05 Å². The number of nitrogens with zero attached hydrogens (tertiary/aromatic N) is 4. The monoisotopic (exact) mass is 338 g/mol. The highest BCUT2D eigenvalue weighted by Gasteiger charge is 2.34. The Kier molecular flexibility index (Phi) is 4.08. The van der Waals surface area contributed by atoms with Crippen molar-refractivity contribution in [2.45, 2.75) is 22.9 Å². The van der Waals surface area contributed by atoms with E-state index in [0.29, 0.717) is 5.25 Å². The van der Waals surface area contributed by atoms with Gasteiger partial charge in [0.2, 0.25) is 0 Å². The summed E-state index contributed by atoms with van der Waals surface area (Å²) >= 11 is 1.73. The van der Waals surface area contributed by atoms with Gasteiger partial charge in [-0.3, -0.25) is 4.98 Å². The molecule has 2 heterocycles. The molecule has 6 heteroatoms. The average molecular weight is 338 g/mol. The van der Waals surface area contributed by atoms with Crippen LogP contribution in [0.4, 0.5) is 0 Å². The van der Waals surface area contributed by atoms with E-state index in [9.17, 15) is 0 Å². The van der Waals surface area contributed by atoms with Crippen molar-refractivity contribution in [1.29, 1.82) is 0 Å². The molecule has 3 aromatic rings. The van der Waals surface area contributed by atoms with Crippen molar-refractivity contribution >= 4 is 11.8 Å². The molecule has 0 saturated carbocycles. The lowest BCUT2D eigenvalue weighted by molar-refractivity contribution is 0.109. The second kappa shape index (κ2) is 6.37. The summed E-state index contributed by atoms with van der Waals surface area (Å²) < 4.78 is 7.79. The molecule has 0 unspecified atom stereocenters. The third-order valence-electron chi connectivity index (χ3n) is 4.39. The lowest BCUT2D eigenvalue weighted by atomic mass is 10.1. The summed E-state index contributed by atoms with van der Waals surface area (Å²) in [6.45, 7) is 0. The Morgan fingerprint density at radius 3 is 2.83 bits per heavy atom. The van der Waals surface area contributed by atoms with Crippen molar-refractivity contribution < 1.29 is 4.74 Å². The number of hydrogen-bond acceptors (Lipinski definition) is 5. The van der Waals surface area contributed by atoms with E-state index in [1.54, 1.807) is 25.1 Å². The molecule has 5 nitrogen and oxygen atoms in total. The Morgan fingerprint density at radius 2 is 2.04 bits per heavy atom. The summed E-state index contributed by atoms with van der Waals surface area (Å²) in [5, 5.41) is 9.92. The van der Waals surface area contributed by atoms with E-state index in [4.69, 9.17) is 4.74 Å². The quantitative estimate of drug-likeness (QED) is 0.731. The summed E-state index contributed by atoms with van der Waals surface area (Å²) in [6, 6.07) is 12.4. The molecule has 0 amide bonds. The Bertz CT molecular complexity index is 849. The van der Waals surface area contributed by atoms with Crippen molar-refractivity contribution in [3.63, 3.8) is 0 Å². The first-order valence-electron chi connectivity index (χ1n) is 7.85. The van der Waals surface area contributed by atoms with Gasteiger partial charge in [0.15, 0.2) is 11.0 Å². The van der Waals surface area contributed by atoms with Gasteiger partial charge in [0.05, 0.1) is 6.10 Å². The number of hydrogen-bond donors (Lipinski definition) is 0. The molecule has 122 valence electrons. The van der Waals surface area contributed by atoms with E-state index in [1.165, 1.54) is 11.1 Å². The number of methoxy groups -OCH3 is 1. The van der Waals surface area contributed by atoms with Gasteiger partial charge in [-0.15, -0.1) is 10.2 Å².